The molecule has 1 aromatic carbocycles. The smallest absolute Gasteiger partial charge is 0.339 e. The zero-order chi connectivity index (χ0) is 13.0. The number of benzene rings is 1. The Morgan fingerprint density at radius 3 is 2.67 bits per heavy atom. The van der Waals surface area contributed by atoms with Crippen molar-refractivity contribution >= 4 is 5.97 Å². The van der Waals surface area contributed by atoms with Gasteiger partial charge in [0.05, 0.1) is 5.69 Å². The van der Waals surface area contributed by atoms with E-state index in [2.05, 4.69) is 17.1 Å². The van der Waals surface area contributed by atoms with Crippen molar-refractivity contribution < 1.29 is 9.90 Å². The van der Waals surface area contributed by atoms with Crippen molar-refractivity contribution in [2.45, 2.75) is 26.2 Å². The second-order valence-corrected chi connectivity index (χ2v) is 4.20. The fourth-order valence-corrected chi connectivity index (χ4v) is 1.95. The van der Waals surface area contributed by atoms with Crippen molar-refractivity contribution in [2.24, 2.45) is 0 Å². The number of hydrogen-bond acceptors (Lipinski definition) is 2. The third kappa shape index (κ3) is 2.42. The van der Waals surface area contributed by atoms with Crippen molar-refractivity contribution in [1.29, 1.82) is 0 Å². The molecule has 2 N–H and O–H groups in total. The van der Waals surface area contributed by atoms with Gasteiger partial charge in [-0.15, -0.1) is 0 Å². The second kappa shape index (κ2) is 5.49. The molecule has 18 heavy (non-hydrogen) atoms. The minimum atomic E-state index is -0.922. The standard InChI is InChI=1S/C14H16N2O2/c1-2-3-9-11-12(14(17)18)13(16-15-11)10-7-5-4-6-8-10/h4-8H,2-3,9H2,1H3,(H,15,16)(H,17,18). The Hall–Kier alpha value is -2.10. The van der Waals surface area contributed by atoms with Gasteiger partial charge in [0.1, 0.15) is 11.3 Å². The molecule has 1 heterocycles. The van der Waals surface area contributed by atoms with Crippen molar-refractivity contribution in [2.75, 3.05) is 0 Å². The molecule has 0 bridgehead atoms. The van der Waals surface area contributed by atoms with Crippen molar-refractivity contribution in [3.05, 3.63) is 41.6 Å². The quantitative estimate of drug-likeness (QED) is 0.849. The van der Waals surface area contributed by atoms with E-state index in [9.17, 15) is 9.90 Å². The van der Waals surface area contributed by atoms with Crippen LogP contribution in [-0.2, 0) is 6.42 Å². The van der Waals surface area contributed by atoms with Crippen molar-refractivity contribution in [3.8, 4) is 11.3 Å². The lowest BCUT2D eigenvalue weighted by Gasteiger charge is -2.01. The lowest BCUT2D eigenvalue weighted by atomic mass is 10.0. The summed E-state index contributed by atoms with van der Waals surface area (Å²) in [6.45, 7) is 2.08. The number of carboxylic acid groups (broad SMARTS) is 1. The number of carboxylic acids is 1. The highest BCUT2D eigenvalue weighted by Gasteiger charge is 2.20. The Morgan fingerprint density at radius 2 is 2.06 bits per heavy atom. The predicted molar refractivity (Wildman–Crippen MR) is 69.6 cm³/mol. The predicted octanol–water partition coefficient (Wildman–Crippen LogP) is 3.12. The zero-order valence-corrected chi connectivity index (χ0v) is 10.3. The number of H-pyrrole nitrogens is 1. The molecule has 1 aromatic heterocycles. The van der Waals surface area contributed by atoms with Crippen LogP contribution in [-0.4, -0.2) is 21.3 Å². The third-order valence-corrected chi connectivity index (χ3v) is 2.88. The molecule has 4 nitrogen and oxygen atoms in total. The van der Waals surface area contributed by atoms with Crippen LogP contribution in [0, 0.1) is 0 Å². The molecule has 2 rings (SSSR count). The first kappa shape index (κ1) is 12.4. The number of aromatic amines is 1. The summed E-state index contributed by atoms with van der Waals surface area (Å²) in [7, 11) is 0. The van der Waals surface area contributed by atoms with E-state index >= 15 is 0 Å². The van der Waals surface area contributed by atoms with Crippen molar-refractivity contribution in [1.82, 2.24) is 10.2 Å². The van der Waals surface area contributed by atoms with Crippen LogP contribution in [0.15, 0.2) is 30.3 Å². The van der Waals surface area contributed by atoms with E-state index in [0.717, 1.165) is 24.8 Å². The maximum atomic E-state index is 11.4. The van der Waals surface area contributed by atoms with Gasteiger partial charge >= 0.3 is 5.97 Å². The Kier molecular flexibility index (Phi) is 3.77. The van der Waals surface area contributed by atoms with E-state index in [0.29, 0.717) is 17.0 Å². The number of aromatic carboxylic acids is 1. The fourth-order valence-electron chi connectivity index (χ4n) is 1.95. The summed E-state index contributed by atoms with van der Waals surface area (Å²) >= 11 is 0. The summed E-state index contributed by atoms with van der Waals surface area (Å²) in [6.07, 6.45) is 2.70. The third-order valence-electron chi connectivity index (χ3n) is 2.88. The normalized spacial score (nSPS) is 10.5. The first-order chi connectivity index (χ1) is 8.74. The number of unbranched alkanes of at least 4 members (excludes halogenated alkanes) is 1. The first-order valence-corrected chi connectivity index (χ1v) is 6.10. The molecule has 0 radical (unpaired) electrons. The van der Waals surface area contributed by atoms with E-state index in [4.69, 9.17) is 0 Å². The SMILES string of the molecule is CCCCc1[nH]nc(-c2ccccc2)c1C(=O)O. The minimum Gasteiger partial charge on any atom is -0.478 e. The van der Waals surface area contributed by atoms with E-state index in [1.165, 1.54) is 0 Å². The largest absolute Gasteiger partial charge is 0.478 e. The maximum absolute atomic E-state index is 11.4. The van der Waals surface area contributed by atoms with Gasteiger partial charge in [0.2, 0.25) is 0 Å². The molecule has 4 heteroatoms. The molecule has 0 aliphatic rings. The number of rotatable bonds is 5. The van der Waals surface area contributed by atoms with Gasteiger partial charge in [-0.1, -0.05) is 43.7 Å². The molecule has 0 saturated carbocycles. The Morgan fingerprint density at radius 1 is 1.33 bits per heavy atom. The van der Waals surface area contributed by atoms with Crippen LogP contribution >= 0.6 is 0 Å². The van der Waals surface area contributed by atoms with Crippen LogP contribution in [0.25, 0.3) is 11.3 Å². The van der Waals surface area contributed by atoms with E-state index < -0.39 is 5.97 Å². The van der Waals surface area contributed by atoms with Gasteiger partial charge in [-0.3, -0.25) is 5.10 Å². The molecular weight excluding hydrogens is 228 g/mol. The molecule has 0 aliphatic heterocycles. The van der Waals surface area contributed by atoms with E-state index in [1.807, 2.05) is 30.3 Å². The van der Waals surface area contributed by atoms with Crippen molar-refractivity contribution in [3.63, 3.8) is 0 Å². The van der Waals surface area contributed by atoms with Crippen LogP contribution in [0.4, 0.5) is 0 Å². The number of nitrogens with zero attached hydrogens (tertiary/aromatic N) is 1. The lowest BCUT2D eigenvalue weighted by Crippen LogP contribution is -2.02. The number of hydrogen-bond donors (Lipinski definition) is 2. The van der Waals surface area contributed by atoms with Crippen LogP contribution in [0.5, 0.6) is 0 Å². The van der Waals surface area contributed by atoms with Gasteiger partial charge in [-0.05, 0) is 12.8 Å². The van der Waals surface area contributed by atoms with Gasteiger partial charge in [0.25, 0.3) is 0 Å². The summed E-state index contributed by atoms with van der Waals surface area (Å²) < 4.78 is 0. The van der Waals surface area contributed by atoms with Crippen LogP contribution < -0.4 is 0 Å². The fraction of sp³-hybridized carbons (Fsp3) is 0.286. The molecule has 0 amide bonds. The monoisotopic (exact) mass is 244 g/mol. The molecule has 0 fully saturated rings. The molecule has 0 spiro atoms. The number of aromatic nitrogens is 2. The molecule has 0 aliphatic carbocycles. The second-order valence-electron chi connectivity index (χ2n) is 4.20. The highest BCUT2D eigenvalue weighted by atomic mass is 16.4. The summed E-state index contributed by atoms with van der Waals surface area (Å²) in [5.41, 5.74) is 2.36. The van der Waals surface area contributed by atoms with Crippen LogP contribution in [0.1, 0.15) is 35.8 Å². The topological polar surface area (TPSA) is 66.0 Å². The average molecular weight is 244 g/mol. The molecule has 0 atom stereocenters. The summed E-state index contributed by atoms with van der Waals surface area (Å²) in [5, 5.41) is 16.3. The molecule has 2 aromatic rings. The Labute approximate surface area is 106 Å². The van der Waals surface area contributed by atoms with Gasteiger partial charge in [-0.2, -0.15) is 5.10 Å². The molecular formula is C14H16N2O2. The minimum absolute atomic E-state index is 0.301. The Balaban J connectivity index is 2.42. The summed E-state index contributed by atoms with van der Waals surface area (Å²) in [5.74, 6) is -0.922. The molecule has 0 saturated heterocycles. The Bertz CT molecular complexity index is 532. The average Bonchev–Trinajstić information content (AvgIpc) is 2.81. The van der Waals surface area contributed by atoms with Crippen LogP contribution in [0.2, 0.25) is 0 Å². The van der Waals surface area contributed by atoms with E-state index in [1.54, 1.807) is 0 Å². The number of nitrogens with one attached hydrogen (secondary N) is 1. The molecule has 0 unspecified atom stereocenters. The van der Waals surface area contributed by atoms with E-state index in [-0.39, 0.29) is 0 Å². The van der Waals surface area contributed by atoms with Gasteiger partial charge in [0.15, 0.2) is 0 Å². The highest BCUT2D eigenvalue weighted by Crippen LogP contribution is 2.24. The van der Waals surface area contributed by atoms with Gasteiger partial charge in [0, 0.05) is 5.56 Å². The summed E-state index contributed by atoms with van der Waals surface area (Å²) in [6, 6.07) is 9.38. The highest BCUT2D eigenvalue weighted by molar-refractivity contribution is 5.96. The van der Waals surface area contributed by atoms with Crippen LogP contribution in [0.3, 0.4) is 0 Å². The zero-order valence-electron chi connectivity index (χ0n) is 10.3. The summed E-state index contributed by atoms with van der Waals surface area (Å²) in [4.78, 5) is 11.4. The first-order valence-electron chi connectivity index (χ1n) is 6.10. The van der Waals surface area contributed by atoms with Gasteiger partial charge < -0.3 is 5.11 Å². The number of carbonyl (C=O) groups is 1. The maximum Gasteiger partial charge on any atom is 0.339 e. The lowest BCUT2D eigenvalue weighted by molar-refractivity contribution is 0.0696. The van der Waals surface area contributed by atoms with Gasteiger partial charge in [-0.25, -0.2) is 4.79 Å². The molecule has 94 valence electrons. The number of aryl methyl sites for hydroxylation is 1.